The predicted octanol–water partition coefficient (Wildman–Crippen LogP) is 5.07. The van der Waals surface area contributed by atoms with E-state index in [0.29, 0.717) is 6.61 Å². The molecule has 3 rings (SSSR count). The Labute approximate surface area is 140 Å². The minimum Gasteiger partial charge on any atom is -0.347 e. The molecule has 0 aliphatic carbocycles. The summed E-state index contributed by atoms with van der Waals surface area (Å²) in [6.07, 6.45) is -0.156. The molecule has 2 aromatic rings. The standard InChI is InChI=1S/C15H11Br2NOS/c16-11-3-1-10(2-4-11)15-18(14(20)9-19-15)13-7-5-12(17)6-8-13/h1-8,15H,9H2. The van der Waals surface area contributed by atoms with Crippen LogP contribution in [-0.4, -0.2) is 11.6 Å². The Morgan fingerprint density at radius 1 is 0.950 bits per heavy atom. The first-order chi connectivity index (χ1) is 9.65. The molecule has 2 aromatic carbocycles. The molecule has 0 amide bonds. The predicted molar refractivity (Wildman–Crippen MR) is 92.1 cm³/mol. The fraction of sp³-hybridized carbons (Fsp3) is 0.133. The maximum Gasteiger partial charge on any atom is 0.161 e. The lowest BCUT2D eigenvalue weighted by atomic mass is 10.1. The molecule has 1 heterocycles. The lowest BCUT2D eigenvalue weighted by molar-refractivity contribution is 0.117. The third kappa shape index (κ3) is 2.81. The molecule has 1 atom stereocenters. The molecule has 1 saturated heterocycles. The van der Waals surface area contributed by atoms with Crippen molar-refractivity contribution in [3.8, 4) is 0 Å². The van der Waals surface area contributed by atoms with Gasteiger partial charge in [-0.1, -0.05) is 56.2 Å². The van der Waals surface area contributed by atoms with Gasteiger partial charge in [-0.3, -0.25) is 0 Å². The largest absolute Gasteiger partial charge is 0.347 e. The van der Waals surface area contributed by atoms with Crippen LogP contribution >= 0.6 is 44.1 Å². The first-order valence-electron chi connectivity index (χ1n) is 6.10. The van der Waals surface area contributed by atoms with Crippen molar-refractivity contribution < 1.29 is 4.74 Å². The minimum atomic E-state index is -0.156. The van der Waals surface area contributed by atoms with E-state index in [4.69, 9.17) is 17.0 Å². The van der Waals surface area contributed by atoms with E-state index in [2.05, 4.69) is 48.9 Å². The van der Waals surface area contributed by atoms with Crippen molar-refractivity contribution in [3.63, 3.8) is 0 Å². The molecule has 0 bridgehead atoms. The van der Waals surface area contributed by atoms with Crippen molar-refractivity contribution in [3.05, 3.63) is 63.0 Å². The monoisotopic (exact) mass is 411 g/mol. The summed E-state index contributed by atoms with van der Waals surface area (Å²) in [5.41, 5.74) is 2.14. The lowest BCUT2D eigenvalue weighted by Gasteiger charge is -2.25. The Hall–Kier alpha value is -0.750. The molecule has 0 saturated carbocycles. The summed E-state index contributed by atoms with van der Waals surface area (Å²) in [5, 5.41) is 0. The summed E-state index contributed by atoms with van der Waals surface area (Å²) in [6, 6.07) is 16.2. The van der Waals surface area contributed by atoms with Crippen LogP contribution in [0.2, 0.25) is 0 Å². The van der Waals surface area contributed by atoms with Crippen molar-refractivity contribution in [1.29, 1.82) is 0 Å². The van der Waals surface area contributed by atoms with E-state index in [1.807, 2.05) is 36.4 Å². The van der Waals surface area contributed by atoms with Crippen molar-refractivity contribution in [2.24, 2.45) is 0 Å². The highest BCUT2D eigenvalue weighted by Gasteiger charge is 2.31. The molecule has 102 valence electrons. The number of hydrogen-bond acceptors (Lipinski definition) is 2. The van der Waals surface area contributed by atoms with Gasteiger partial charge in [-0.15, -0.1) is 0 Å². The highest BCUT2D eigenvalue weighted by Crippen LogP contribution is 2.34. The molecular formula is C15H11Br2NOS. The Morgan fingerprint density at radius 3 is 2.10 bits per heavy atom. The van der Waals surface area contributed by atoms with Crippen LogP contribution in [0.5, 0.6) is 0 Å². The number of benzene rings is 2. The molecule has 0 aromatic heterocycles. The molecule has 20 heavy (non-hydrogen) atoms. The molecular weight excluding hydrogens is 402 g/mol. The van der Waals surface area contributed by atoms with Gasteiger partial charge in [0.1, 0.15) is 11.6 Å². The highest BCUT2D eigenvalue weighted by molar-refractivity contribution is 9.10. The quantitative estimate of drug-likeness (QED) is 0.638. The first-order valence-corrected chi connectivity index (χ1v) is 8.09. The third-order valence-electron chi connectivity index (χ3n) is 3.13. The number of ether oxygens (including phenoxy) is 1. The highest BCUT2D eigenvalue weighted by atomic mass is 79.9. The fourth-order valence-electron chi connectivity index (χ4n) is 2.18. The van der Waals surface area contributed by atoms with Crippen LogP contribution in [0.4, 0.5) is 5.69 Å². The van der Waals surface area contributed by atoms with Crippen molar-refractivity contribution in [2.45, 2.75) is 6.23 Å². The summed E-state index contributed by atoms with van der Waals surface area (Å²) < 4.78 is 7.95. The number of halogens is 2. The molecule has 1 aliphatic heterocycles. The maximum atomic E-state index is 5.85. The lowest BCUT2D eigenvalue weighted by Crippen LogP contribution is -2.26. The van der Waals surface area contributed by atoms with Crippen LogP contribution in [0.25, 0.3) is 0 Å². The summed E-state index contributed by atoms with van der Waals surface area (Å²) in [5.74, 6) is 0. The van der Waals surface area contributed by atoms with E-state index in [1.54, 1.807) is 0 Å². The zero-order valence-corrected chi connectivity index (χ0v) is 14.4. The van der Waals surface area contributed by atoms with Gasteiger partial charge in [0, 0.05) is 20.2 Å². The molecule has 1 unspecified atom stereocenters. The summed E-state index contributed by atoms with van der Waals surface area (Å²) >= 11 is 12.3. The van der Waals surface area contributed by atoms with Gasteiger partial charge in [-0.25, -0.2) is 0 Å². The van der Waals surface area contributed by atoms with Crippen LogP contribution in [-0.2, 0) is 4.74 Å². The Kier molecular flexibility index (Phi) is 4.21. The fourth-order valence-corrected chi connectivity index (χ4v) is 2.98. The molecule has 0 radical (unpaired) electrons. The number of nitrogens with zero attached hydrogens (tertiary/aromatic N) is 1. The Morgan fingerprint density at radius 2 is 1.50 bits per heavy atom. The Balaban J connectivity index is 1.96. The maximum absolute atomic E-state index is 5.85. The molecule has 1 aliphatic rings. The summed E-state index contributed by atoms with van der Waals surface area (Å²) in [4.78, 5) is 2.87. The van der Waals surface area contributed by atoms with E-state index >= 15 is 0 Å². The average molecular weight is 413 g/mol. The van der Waals surface area contributed by atoms with Crippen LogP contribution < -0.4 is 4.90 Å². The second-order valence-corrected chi connectivity index (χ2v) is 6.76. The summed E-state index contributed by atoms with van der Waals surface area (Å²) in [6.45, 7) is 0.478. The van der Waals surface area contributed by atoms with Gasteiger partial charge in [-0.2, -0.15) is 0 Å². The smallest absolute Gasteiger partial charge is 0.161 e. The Bertz CT molecular complexity index is 627. The van der Waals surface area contributed by atoms with E-state index in [0.717, 1.165) is 25.2 Å². The van der Waals surface area contributed by atoms with Gasteiger partial charge in [0.05, 0.1) is 0 Å². The van der Waals surface area contributed by atoms with E-state index < -0.39 is 0 Å². The average Bonchev–Trinajstić information content (AvgIpc) is 2.83. The number of thiocarbonyl (C=S) groups is 1. The van der Waals surface area contributed by atoms with Gasteiger partial charge >= 0.3 is 0 Å². The zero-order chi connectivity index (χ0) is 14.1. The van der Waals surface area contributed by atoms with E-state index in [-0.39, 0.29) is 6.23 Å². The van der Waals surface area contributed by atoms with Crippen LogP contribution in [0, 0.1) is 0 Å². The molecule has 0 spiro atoms. The van der Waals surface area contributed by atoms with Crippen LogP contribution in [0.15, 0.2) is 57.5 Å². The topological polar surface area (TPSA) is 12.5 Å². The first kappa shape index (κ1) is 14.2. The van der Waals surface area contributed by atoms with Crippen LogP contribution in [0.3, 0.4) is 0 Å². The summed E-state index contributed by atoms with van der Waals surface area (Å²) in [7, 11) is 0. The van der Waals surface area contributed by atoms with Gasteiger partial charge < -0.3 is 9.64 Å². The number of anilines is 1. The van der Waals surface area contributed by atoms with Crippen LogP contribution in [0.1, 0.15) is 11.8 Å². The minimum absolute atomic E-state index is 0.156. The molecule has 1 fully saturated rings. The zero-order valence-electron chi connectivity index (χ0n) is 10.4. The second-order valence-electron chi connectivity index (χ2n) is 4.46. The molecule has 2 nitrogen and oxygen atoms in total. The van der Waals surface area contributed by atoms with Gasteiger partial charge in [0.15, 0.2) is 6.23 Å². The second kappa shape index (κ2) is 5.93. The molecule has 5 heteroatoms. The van der Waals surface area contributed by atoms with Crippen molar-refractivity contribution in [2.75, 3.05) is 11.5 Å². The van der Waals surface area contributed by atoms with Crippen molar-refractivity contribution >= 4 is 54.8 Å². The number of hydrogen-bond donors (Lipinski definition) is 0. The molecule has 0 N–H and O–H groups in total. The van der Waals surface area contributed by atoms with Gasteiger partial charge in [-0.05, 0) is 36.4 Å². The third-order valence-corrected chi connectivity index (χ3v) is 4.50. The van der Waals surface area contributed by atoms with Crippen molar-refractivity contribution in [1.82, 2.24) is 0 Å². The van der Waals surface area contributed by atoms with Gasteiger partial charge in [0.25, 0.3) is 0 Å². The SMILES string of the molecule is S=C1COC(c2ccc(Br)cc2)N1c1ccc(Br)cc1. The van der Waals surface area contributed by atoms with Gasteiger partial charge in [0.2, 0.25) is 0 Å². The normalized spacial score (nSPS) is 18.6. The number of rotatable bonds is 2. The van der Waals surface area contributed by atoms with E-state index in [1.165, 1.54) is 0 Å². The van der Waals surface area contributed by atoms with E-state index in [9.17, 15) is 0 Å².